The molecule has 1 rings (SSSR count). The van der Waals surface area contributed by atoms with Gasteiger partial charge in [-0.05, 0) is 39.3 Å². The Bertz CT molecular complexity index is 426. The lowest BCUT2D eigenvalue weighted by Crippen LogP contribution is -2.52. The van der Waals surface area contributed by atoms with Gasteiger partial charge in [-0.25, -0.2) is 8.42 Å². The van der Waals surface area contributed by atoms with Crippen LogP contribution in [0, 0.1) is 11.3 Å². The molecule has 0 aliphatic heterocycles. The predicted octanol–water partition coefficient (Wildman–Crippen LogP) is 0.777. The molecule has 0 amide bonds. The fraction of sp³-hybridized carbons (Fsp3) is 0.923. The normalized spacial score (nSPS) is 28.3. The van der Waals surface area contributed by atoms with Crippen LogP contribution >= 0.6 is 0 Å². The molecule has 2 atom stereocenters. The van der Waals surface area contributed by atoms with Crippen LogP contribution in [0.4, 0.5) is 0 Å². The van der Waals surface area contributed by atoms with Gasteiger partial charge in [-0.1, -0.05) is 6.92 Å². The molecule has 19 heavy (non-hydrogen) atoms. The van der Waals surface area contributed by atoms with Gasteiger partial charge in [0.2, 0.25) is 0 Å². The zero-order valence-electron chi connectivity index (χ0n) is 12.1. The maximum Gasteiger partial charge on any atom is 0.148 e. The van der Waals surface area contributed by atoms with Crippen molar-refractivity contribution in [2.75, 3.05) is 32.1 Å². The third-order valence-corrected chi connectivity index (χ3v) is 4.82. The Kier molecular flexibility index (Phi) is 5.78. The summed E-state index contributed by atoms with van der Waals surface area (Å²) >= 11 is 0. The highest BCUT2D eigenvalue weighted by molar-refractivity contribution is 7.90. The van der Waals surface area contributed by atoms with Crippen LogP contribution in [0.1, 0.15) is 32.6 Å². The number of nitriles is 1. The summed E-state index contributed by atoms with van der Waals surface area (Å²) in [6, 6.07) is 2.71. The Labute approximate surface area is 116 Å². The van der Waals surface area contributed by atoms with Crippen LogP contribution in [0.3, 0.4) is 0 Å². The molecule has 1 aliphatic rings. The highest BCUT2D eigenvalue weighted by Gasteiger charge is 2.37. The summed E-state index contributed by atoms with van der Waals surface area (Å²) in [5, 5.41) is 12.7. The predicted molar refractivity (Wildman–Crippen MR) is 76.6 cm³/mol. The maximum absolute atomic E-state index is 11.2. The molecule has 0 saturated heterocycles. The van der Waals surface area contributed by atoms with E-state index in [1.54, 1.807) is 0 Å². The average Bonchev–Trinajstić information content (AvgIpc) is 2.35. The van der Waals surface area contributed by atoms with E-state index in [1.807, 2.05) is 14.0 Å². The van der Waals surface area contributed by atoms with Gasteiger partial charge in [0.25, 0.3) is 0 Å². The Hall–Kier alpha value is -0.640. The minimum absolute atomic E-state index is 0.181. The molecule has 110 valence electrons. The SMILES string of the molecule is CCNC1(C#N)CCCC(N(C)CCS(C)(=O)=O)C1. The van der Waals surface area contributed by atoms with Gasteiger partial charge in [-0.2, -0.15) is 5.26 Å². The van der Waals surface area contributed by atoms with Crippen LogP contribution in [0.25, 0.3) is 0 Å². The van der Waals surface area contributed by atoms with Crippen molar-refractivity contribution in [3.63, 3.8) is 0 Å². The Morgan fingerprint density at radius 2 is 2.21 bits per heavy atom. The number of rotatable bonds is 6. The van der Waals surface area contributed by atoms with Crippen molar-refractivity contribution in [1.82, 2.24) is 10.2 Å². The smallest absolute Gasteiger partial charge is 0.148 e. The van der Waals surface area contributed by atoms with Gasteiger partial charge in [0, 0.05) is 18.8 Å². The zero-order chi connectivity index (χ0) is 14.5. The molecule has 2 unspecified atom stereocenters. The van der Waals surface area contributed by atoms with Crippen LogP contribution in [0.15, 0.2) is 0 Å². The molecule has 0 heterocycles. The molecule has 1 aliphatic carbocycles. The van der Waals surface area contributed by atoms with Crippen molar-refractivity contribution in [3.05, 3.63) is 0 Å². The molecule has 0 aromatic carbocycles. The highest BCUT2D eigenvalue weighted by Crippen LogP contribution is 2.30. The summed E-state index contributed by atoms with van der Waals surface area (Å²) in [5.41, 5.74) is -0.434. The Morgan fingerprint density at radius 3 is 2.74 bits per heavy atom. The summed E-state index contributed by atoms with van der Waals surface area (Å²) < 4.78 is 22.4. The maximum atomic E-state index is 11.2. The lowest BCUT2D eigenvalue weighted by atomic mass is 9.79. The molecule has 0 aromatic rings. The van der Waals surface area contributed by atoms with Crippen molar-refractivity contribution in [3.8, 4) is 6.07 Å². The Balaban J connectivity index is 2.61. The second-order valence-corrected chi connectivity index (χ2v) is 7.84. The summed E-state index contributed by atoms with van der Waals surface area (Å²) in [4.78, 5) is 2.09. The molecule has 1 N–H and O–H groups in total. The first-order chi connectivity index (χ1) is 8.82. The van der Waals surface area contributed by atoms with Crippen molar-refractivity contribution >= 4 is 9.84 Å². The molecule has 0 radical (unpaired) electrons. The average molecular weight is 287 g/mol. The second-order valence-electron chi connectivity index (χ2n) is 5.58. The van der Waals surface area contributed by atoms with E-state index in [4.69, 9.17) is 0 Å². The van der Waals surface area contributed by atoms with Gasteiger partial charge < -0.3 is 4.90 Å². The number of sulfone groups is 1. The largest absolute Gasteiger partial charge is 0.302 e. The van der Waals surface area contributed by atoms with E-state index < -0.39 is 15.4 Å². The summed E-state index contributed by atoms with van der Waals surface area (Å²) in [6.07, 6.45) is 4.97. The van der Waals surface area contributed by atoms with Crippen molar-refractivity contribution < 1.29 is 8.42 Å². The number of hydrogen-bond acceptors (Lipinski definition) is 5. The van der Waals surface area contributed by atoms with E-state index in [0.29, 0.717) is 6.54 Å². The fourth-order valence-electron chi connectivity index (χ4n) is 2.75. The van der Waals surface area contributed by atoms with E-state index in [1.165, 1.54) is 6.26 Å². The van der Waals surface area contributed by atoms with Crippen molar-refractivity contribution in [2.24, 2.45) is 0 Å². The van der Waals surface area contributed by atoms with Crippen LogP contribution in [0.5, 0.6) is 0 Å². The number of nitrogens with one attached hydrogen (secondary N) is 1. The van der Waals surface area contributed by atoms with Gasteiger partial charge in [-0.3, -0.25) is 5.32 Å². The topological polar surface area (TPSA) is 73.2 Å². The summed E-state index contributed by atoms with van der Waals surface area (Å²) in [5.74, 6) is 0.181. The second kappa shape index (κ2) is 6.69. The number of hydrogen-bond donors (Lipinski definition) is 1. The molecular weight excluding hydrogens is 262 g/mol. The summed E-state index contributed by atoms with van der Waals surface area (Å²) in [6.45, 7) is 3.33. The Morgan fingerprint density at radius 1 is 1.53 bits per heavy atom. The van der Waals surface area contributed by atoms with Crippen LogP contribution in [-0.4, -0.2) is 57.0 Å². The standard InChI is InChI=1S/C13H25N3O2S/c1-4-15-13(11-14)7-5-6-12(10-13)16(2)8-9-19(3,17)18/h12,15H,4-10H2,1-3H3. The van der Waals surface area contributed by atoms with Gasteiger partial charge in [0.15, 0.2) is 0 Å². The fourth-order valence-corrected chi connectivity index (χ4v) is 3.37. The van der Waals surface area contributed by atoms with Crippen LogP contribution in [-0.2, 0) is 9.84 Å². The third-order valence-electron chi connectivity index (χ3n) is 3.89. The first-order valence-corrected chi connectivity index (χ1v) is 8.92. The van der Waals surface area contributed by atoms with E-state index in [-0.39, 0.29) is 11.8 Å². The quantitative estimate of drug-likeness (QED) is 0.781. The minimum atomic E-state index is -2.92. The van der Waals surface area contributed by atoms with E-state index in [0.717, 1.165) is 32.2 Å². The lowest BCUT2D eigenvalue weighted by Gasteiger charge is -2.40. The van der Waals surface area contributed by atoms with Crippen molar-refractivity contribution in [1.29, 1.82) is 5.26 Å². The highest BCUT2D eigenvalue weighted by atomic mass is 32.2. The molecule has 5 nitrogen and oxygen atoms in total. The van der Waals surface area contributed by atoms with E-state index >= 15 is 0 Å². The molecule has 0 bridgehead atoms. The van der Waals surface area contributed by atoms with Crippen LogP contribution < -0.4 is 5.32 Å². The molecular formula is C13H25N3O2S. The summed E-state index contributed by atoms with van der Waals surface area (Å²) in [7, 11) is -0.971. The monoisotopic (exact) mass is 287 g/mol. The van der Waals surface area contributed by atoms with Gasteiger partial charge in [0.1, 0.15) is 15.4 Å². The van der Waals surface area contributed by atoms with E-state index in [9.17, 15) is 13.7 Å². The molecule has 6 heteroatoms. The third kappa shape index (κ3) is 5.09. The lowest BCUT2D eigenvalue weighted by molar-refractivity contribution is 0.151. The first-order valence-electron chi connectivity index (χ1n) is 6.86. The number of nitrogens with zero attached hydrogens (tertiary/aromatic N) is 2. The van der Waals surface area contributed by atoms with Gasteiger partial charge in [-0.15, -0.1) is 0 Å². The van der Waals surface area contributed by atoms with Gasteiger partial charge >= 0.3 is 0 Å². The zero-order valence-corrected chi connectivity index (χ0v) is 13.0. The van der Waals surface area contributed by atoms with Crippen LogP contribution in [0.2, 0.25) is 0 Å². The molecule has 0 spiro atoms. The van der Waals surface area contributed by atoms with E-state index in [2.05, 4.69) is 16.3 Å². The molecule has 1 saturated carbocycles. The minimum Gasteiger partial charge on any atom is -0.302 e. The molecule has 1 fully saturated rings. The van der Waals surface area contributed by atoms with Gasteiger partial charge in [0.05, 0.1) is 11.8 Å². The van der Waals surface area contributed by atoms with Crippen molar-refractivity contribution in [2.45, 2.75) is 44.2 Å². The molecule has 0 aromatic heterocycles. The first kappa shape index (κ1) is 16.4.